The summed E-state index contributed by atoms with van der Waals surface area (Å²) < 4.78 is 73.4. The molecule has 0 saturated heterocycles. The van der Waals surface area contributed by atoms with E-state index < -0.39 is 20.2 Å². The Labute approximate surface area is 285 Å². The SMILES string of the molecule is CC(C)c1cc(C(C)C)c(S(=O)(=O)O)c(C(C)CC2CCCC(c3cc(C4CCCCC4)cc(C4CCCCC4)c3S(=O)(=O)O)C2)c1. The van der Waals surface area contributed by atoms with Crippen molar-refractivity contribution >= 4 is 20.2 Å². The zero-order valence-corrected chi connectivity index (χ0v) is 30.9. The summed E-state index contributed by atoms with van der Waals surface area (Å²) in [6.45, 7) is 10.2. The Kier molecular flexibility index (Phi) is 11.7. The van der Waals surface area contributed by atoms with Gasteiger partial charge in [0.2, 0.25) is 0 Å². The second-order valence-corrected chi connectivity index (χ2v) is 18.6. The Bertz CT molecular complexity index is 1610. The first-order chi connectivity index (χ1) is 22.1. The number of benzene rings is 2. The van der Waals surface area contributed by atoms with E-state index >= 15 is 0 Å². The van der Waals surface area contributed by atoms with Crippen LogP contribution in [-0.2, 0) is 20.2 Å². The first-order valence-corrected chi connectivity index (χ1v) is 21.3. The summed E-state index contributed by atoms with van der Waals surface area (Å²) >= 11 is 0. The third-order valence-electron chi connectivity index (χ3n) is 11.7. The van der Waals surface area contributed by atoms with Crippen LogP contribution in [0, 0.1) is 5.92 Å². The number of hydrogen-bond donors (Lipinski definition) is 2. The zero-order chi connectivity index (χ0) is 34.1. The minimum atomic E-state index is -4.44. The van der Waals surface area contributed by atoms with Crippen LogP contribution in [0.15, 0.2) is 34.1 Å². The van der Waals surface area contributed by atoms with Gasteiger partial charge in [0.25, 0.3) is 20.2 Å². The normalized spacial score (nSPS) is 23.0. The van der Waals surface area contributed by atoms with Crippen LogP contribution in [0.1, 0.15) is 200 Å². The second kappa shape index (κ2) is 15.0. The predicted molar refractivity (Wildman–Crippen MR) is 190 cm³/mol. The van der Waals surface area contributed by atoms with Crippen LogP contribution >= 0.6 is 0 Å². The minimum Gasteiger partial charge on any atom is -0.282 e. The van der Waals surface area contributed by atoms with Gasteiger partial charge in [-0.25, -0.2) is 0 Å². The zero-order valence-electron chi connectivity index (χ0n) is 29.3. The summed E-state index contributed by atoms with van der Waals surface area (Å²) in [5, 5.41) is 0. The van der Waals surface area contributed by atoms with Crippen molar-refractivity contribution in [3.8, 4) is 0 Å². The quantitative estimate of drug-likeness (QED) is 0.241. The van der Waals surface area contributed by atoms with Crippen LogP contribution in [0.4, 0.5) is 0 Å². The van der Waals surface area contributed by atoms with Gasteiger partial charge in [-0.05, 0) is 120 Å². The molecule has 3 saturated carbocycles. The predicted octanol–water partition coefficient (Wildman–Crippen LogP) is 11.0. The van der Waals surface area contributed by atoms with Crippen molar-refractivity contribution in [2.45, 2.75) is 176 Å². The van der Waals surface area contributed by atoms with E-state index in [9.17, 15) is 25.9 Å². The molecule has 2 N–H and O–H groups in total. The topological polar surface area (TPSA) is 109 Å². The molecule has 8 heteroatoms. The molecule has 0 aliphatic heterocycles. The fourth-order valence-corrected chi connectivity index (χ4v) is 11.4. The number of hydrogen-bond acceptors (Lipinski definition) is 4. The highest BCUT2D eigenvalue weighted by Crippen LogP contribution is 2.48. The van der Waals surface area contributed by atoms with Gasteiger partial charge in [0, 0.05) is 0 Å². The fourth-order valence-electron chi connectivity index (χ4n) is 9.23. The van der Waals surface area contributed by atoms with E-state index in [0.717, 1.165) is 87.3 Å². The Morgan fingerprint density at radius 1 is 0.596 bits per heavy atom. The Hall–Kier alpha value is -1.74. The van der Waals surface area contributed by atoms with E-state index in [1.165, 1.54) is 31.2 Å². The van der Waals surface area contributed by atoms with E-state index in [0.29, 0.717) is 17.0 Å². The molecule has 3 atom stereocenters. The van der Waals surface area contributed by atoms with E-state index in [-0.39, 0.29) is 45.3 Å². The highest BCUT2D eigenvalue weighted by molar-refractivity contribution is 7.86. The average Bonchev–Trinajstić information content (AvgIpc) is 3.03. The smallest absolute Gasteiger partial charge is 0.282 e. The van der Waals surface area contributed by atoms with Gasteiger partial charge in [-0.15, -0.1) is 0 Å². The summed E-state index contributed by atoms with van der Waals surface area (Å²) in [6, 6.07) is 8.22. The highest BCUT2D eigenvalue weighted by atomic mass is 32.2. The molecular formula is C39H58O6S2. The molecule has 6 nitrogen and oxygen atoms in total. The molecule has 3 fully saturated rings. The Morgan fingerprint density at radius 3 is 1.64 bits per heavy atom. The van der Waals surface area contributed by atoms with Crippen LogP contribution in [0.2, 0.25) is 0 Å². The van der Waals surface area contributed by atoms with Crippen molar-refractivity contribution in [3.63, 3.8) is 0 Å². The van der Waals surface area contributed by atoms with E-state index in [1.54, 1.807) is 0 Å². The van der Waals surface area contributed by atoms with E-state index in [2.05, 4.69) is 32.9 Å². The molecule has 3 aliphatic rings. The second-order valence-electron chi connectivity index (χ2n) is 15.9. The van der Waals surface area contributed by atoms with Crippen molar-refractivity contribution in [3.05, 3.63) is 57.6 Å². The largest absolute Gasteiger partial charge is 0.295 e. The Morgan fingerprint density at radius 2 is 1.11 bits per heavy atom. The maximum atomic E-state index is 13.3. The van der Waals surface area contributed by atoms with Crippen LogP contribution < -0.4 is 0 Å². The standard InChI is InChI=1S/C39H58O6S2/c1-25(2)32-21-34(26(3)4)38(46(40,41)42)35(22-32)27(5)19-28-13-12-18-31(20-28)37-24-33(29-14-8-6-9-15-29)23-36(39(37)47(43,44)45)30-16-10-7-11-17-30/h21-31H,6-20H2,1-5H3,(H,40,41,42)(H,43,44,45). The summed E-state index contributed by atoms with van der Waals surface area (Å²) in [5.74, 6) is 0.892. The summed E-state index contributed by atoms with van der Waals surface area (Å²) in [4.78, 5) is 0.241. The first kappa shape index (κ1) is 36.5. The molecule has 3 aliphatic carbocycles. The van der Waals surface area contributed by atoms with Gasteiger partial charge in [-0.2, -0.15) is 16.8 Å². The van der Waals surface area contributed by atoms with E-state index in [4.69, 9.17) is 0 Å². The maximum absolute atomic E-state index is 13.3. The van der Waals surface area contributed by atoms with Gasteiger partial charge in [-0.1, -0.05) is 110 Å². The molecule has 0 amide bonds. The van der Waals surface area contributed by atoms with Crippen LogP contribution in [0.3, 0.4) is 0 Å². The van der Waals surface area contributed by atoms with Gasteiger partial charge >= 0.3 is 0 Å². The molecule has 0 heterocycles. The van der Waals surface area contributed by atoms with Gasteiger partial charge in [0.1, 0.15) is 9.79 Å². The fraction of sp³-hybridized carbons (Fsp3) is 0.692. The molecule has 5 rings (SSSR count). The molecule has 0 radical (unpaired) electrons. The molecule has 3 unspecified atom stereocenters. The van der Waals surface area contributed by atoms with Crippen molar-refractivity contribution in [1.29, 1.82) is 0 Å². The number of rotatable bonds is 10. The molecule has 0 bridgehead atoms. The average molecular weight is 687 g/mol. The molecule has 2 aromatic carbocycles. The van der Waals surface area contributed by atoms with Crippen molar-refractivity contribution < 1.29 is 25.9 Å². The van der Waals surface area contributed by atoms with Crippen molar-refractivity contribution in [2.75, 3.05) is 0 Å². The monoisotopic (exact) mass is 686 g/mol. The molecule has 0 aromatic heterocycles. The van der Waals surface area contributed by atoms with Crippen molar-refractivity contribution in [2.24, 2.45) is 5.92 Å². The van der Waals surface area contributed by atoms with Crippen LogP contribution in [0.25, 0.3) is 0 Å². The molecule has 0 spiro atoms. The lowest BCUT2D eigenvalue weighted by molar-refractivity contribution is 0.289. The van der Waals surface area contributed by atoms with Crippen LogP contribution in [-0.4, -0.2) is 25.9 Å². The Balaban J connectivity index is 1.52. The van der Waals surface area contributed by atoms with Gasteiger partial charge in [0.05, 0.1) is 0 Å². The maximum Gasteiger partial charge on any atom is 0.295 e. The lowest BCUT2D eigenvalue weighted by Gasteiger charge is -2.35. The van der Waals surface area contributed by atoms with Gasteiger partial charge in [0.15, 0.2) is 0 Å². The summed E-state index contributed by atoms with van der Waals surface area (Å²) in [5.41, 5.74) is 5.34. The van der Waals surface area contributed by atoms with Gasteiger partial charge in [-0.3, -0.25) is 9.11 Å². The molecule has 2 aromatic rings. The first-order valence-electron chi connectivity index (χ1n) is 18.5. The lowest BCUT2D eigenvalue weighted by atomic mass is 9.72. The highest BCUT2D eigenvalue weighted by Gasteiger charge is 2.35. The van der Waals surface area contributed by atoms with E-state index in [1.807, 2.05) is 26.0 Å². The molecule has 262 valence electrons. The molecule has 47 heavy (non-hydrogen) atoms. The minimum absolute atomic E-state index is 0.0121. The lowest BCUT2D eigenvalue weighted by Crippen LogP contribution is -2.21. The van der Waals surface area contributed by atoms with Crippen LogP contribution in [0.5, 0.6) is 0 Å². The summed E-state index contributed by atoms with van der Waals surface area (Å²) in [7, 11) is -8.87. The third kappa shape index (κ3) is 8.53. The summed E-state index contributed by atoms with van der Waals surface area (Å²) in [6.07, 6.45) is 15.5. The molecular weight excluding hydrogens is 629 g/mol. The third-order valence-corrected chi connectivity index (χ3v) is 13.7. The van der Waals surface area contributed by atoms with Crippen molar-refractivity contribution in [1.82, 2.24) is 0 Å². The van der Waals surface area contributed by atoms with Gasteiger partial charge < -0.3 is 0 Å².